The molecule has 154 valence electrons. The fraction of sp³-hybridized carbons (Fsp3) is 0.250. The molecule has 1 aromatic carbocycles. The first kappa shape index (κ1) is 21.2. The Labute approximate surface area is 177 Å². The van der Waals surface area contributed by atoms with E-state index in [1.165, 1.54) is 0 Å². The lowest BCUT2D eigenvalue weighted by molar-refractivity contribution is 0.141. The van der Waals surface area contributed by atoms with Crippen LogP contribution in [0.4, 0.5) is 0 Å². The van der Waals surface area contributed by atoms with Gasteiger partial charge < -0.3 is 9.68 Å². The van der Waals surface area contributed by atoms with E-state index in [-0.39, 0.29) is 0 Å². The van der Waals surface area contributed by atoms with E-state index in [0.29, 0.717) is 12.3 Å². The van der Waals surface area contributed by atoms with Crippen molar-refractivity contribution in [1.29, 1.82) is 0 Å². The molecule has 6 heteroatoms. The van der Waals surface area contributed by atoms with Crippen molar-refractivity contribution in [3.63, 3.8) is 0 Å². The van der Waals surface area contributed by atoms with Crippen LogP contribution in [0.15, 0.2) is 77.0 Å². The van der Waals surface area contributed by atoms with E-state index in [1.807, 2.05) is 80.6 Å². The van der Waals surface area contributed by atoms with Gasteiger partial charge in [-0.1, -0.05) is 52.8 Å². The Morgan fingerprint density at radius 1 is 0.867 bits per heavy atom. The van der Waals surface area contributed by atoms with Crippen molar-refractivity contribution in [3.8, 4) is 0 Å². The average molecular weight is 402 g/mol. The molecular weight excluding hydrogens is 376 g/mol. The maximum Gasteiger partial charge on any atom is 0.135 e. The van der Waals surface area contributed by atoms with E-state index in [2.05, 4.69) is 15.3 Å². The number of benzene rings is 1. The molecule has 3 aromatic rings. The summed E-state index contributed by atoms with van der Waals surface area (Å²) in [6.07, 6.45) is 1.58. The summed E-state index contributed by atoms with van der Waals surface area (Å²) in [5.74, 6) is 0. The summed E-state index contributed by atoms with van der Waals surface area (Å²) < 4.78 is 0. The predicted octanol–water partition coefficient (Wildman–Crippen LogP) is 4.56. The third-order valence-electron chi connectivity index (χ3n) is 4.41. The largest absolute Gasteiger partial charge is 0.399 e. The molecule has 30 heavy (non-hydrogen) atoms. The molecule has 0 aliphatic rings. The highest BCUT2D eigenvalue weighted by Gasteiger charge is 2.10. The van der Waals surface area contributed by atoms with Gasteiger partial charge in [-0.05, 0) is 51.0 Å². The zero-order valence-corrected chi connectivity index (χ0v) is 17.6. The molecule has 0 amide bonds. The van der Waals surface area contributed by atoms with Crippen LogP contribution in [0.25, 0.3) is 0 Å². The lowest BCUT2D eigenvalue weighted by Crippen LogP contribution is -2.08. The lowest BCUT2D eigenvalue weighted by atomic mass is 10.1. The van der Waals surface area contributed by atoms with Crippen molar-refractivity contribution >= 4 is 11.4 Å². The van der Waals surface area contributed by atoms with E-state index in [9.17, 15) is 0 Å². The van der Waals surface area contributed by atoms with E-state index in [1.54, 1.807) is 7.11 Å². The van der Waals surface area contributed by atoms with Gasteiger partial charge in [0.1, 0.15) is 25.1 Å². The smallest absolute Gasteiger partial charge is 0.135 e. The highest BCUT2D eigenvalue weighted by molar-refractivity contribution is 6.11. The van der Waals surface area contributed by atoms with Gasteiger partial charge in [-0.25, -0.2) is 0 Å². The molecule has 2 heterocycles. The van der Waals surface area contributed by atoms with Crippen molar-refractivity contribution in [2.24, 2.45) is 10.3 Å². The molecule has 2 aromatic heterocycles. The van der Waals surface area contributed by atoms with Gasteiger partial charge in [0.15, 0.2) is 0 Å². The molecule has 0 radical (unpaired) electrons. The van der Waals surface area contributed by atoms with Crippen LogP contribution in [0.2, 0.25) is 0 Å². The van der Waals surface area contributed by atoms with Crippen LogP contribution in [0.1, 0.15) is 41.7 Å². The Morgan fingerprint density at radius 3 is 2.40 bits per heavy atom. The number of aryl methyl sites for hydroxylation is 2. The number of oxime groups is 2. The van der Waals surface area contributed by atoms with Crippen molar-refractivity contribution in [1.82, 2.24) is 9.97 Å². The second kappa shape index (κ2) is 10.9. The van der Waals surface area contributed by atoms with Gasteiger partial charge in [-0.3, -0.25) is 9.97 Å². The van der Waals surface area contributed by atoms with Crippen molar-refractivity contribution in [3.05, 3.63) is 95.1 Å². The Bertz CT molecular complexity index is 1020. The fourth-order valence-corrected chi connectivity index (χ4v) is 2.94. The first-order valence-corrected chi connectivity index (χ1v) is 9.91. The normalized spacial score (nSPS) is 12.0. The van der Waals surface area contributed by atoms with Crippen LogP contribution in [-0.4, -0.2) is 35.1 Å². The summed E-state index contributed by atoms with van der Waals surface area (Å²) in [5.41, 5.74) is 5.97. The van der Waals surface area contributed by atoms with Crippen molar-refractivity contribution in [2.45, 2.75) is 26.7 Å². The minimum Gasteiger partial charge on any atom is -0.399 e. The fourth-order valence-electron chi connectivity index (χ4n) is 2.94. The van der Waals surface area contributed by atoms with Crippen LogP contribution < -0.4 is 0 Å². The summed E-state index contributed by atoms with van der Waals surface area (Å²) in [7, 11) is 1.54. The van der Waals surface area contributed by atoms with Crippen LogP contribution in [-0.2, 0) is 16.1 Å². The molecule has 0 spiro atoms. The zero-order chi connectivity index (χ0) is 21.2. The zero-order valence-electron chi connectivity index (χ0n) is 17.6. The number of hydrogen-bond acceptors (Lipinski definition) is 6. The van der Waals surface area contributed by atoms with E-state index >= 15 is 0 Å². The Kier molecular flexibility index (Phi) is 7.66. The molecule has 3 rings (SSSR count). The molecule has 6 nitrogen and oxygen atoms in total. The maximum absolute atomic E-state index is 5.47. The monoisotopic (exact) mass is 402 g/mol. The lowest BCUT2D eigenvalue weighted by Gasteiger charge is -2.08. The third-order valence-corrected chi connectivity index (χ3v) is 4.41. The van der Waals surface area contributed by atoms with Gasteiger partial charge in [-0.2, -0.15) is 0 Å². The Balaban J connectivity index is 1.58. The number of pyridine rings is 2. The molecule has 0 saturated carbocycles. The van der Waals surface area contributed by atoms with E-state index < -0.39 is 0 Å². The molecule has 0 atom stereocenters. The van der Waals surface area contributed by atoms with E-state index in [0.717, 1.165) is 46.9 Å². The van der Waals surface area contributed by atoms with Gasteiger partial charge in [0.05, 0.1) is 11.4 Å². The summed E-state index contributed by atoms with van der Waals surface area (Å²) in [4.78, 5) is 19.7. The Morgan fingerprint density at radius 2 is 1.63 bits per heavy atom. The number of rotatable bonds is 9. The average Bonchev–Trinajstić information content (AvgIpc) is 2.78. The maximum atomic E-state index is 5.47. The summed E-state index contributed by atoms with van der Waals surface area (Å²) in [5, 5.41) is 8.35. The van der Waals surface area contributed by atoms with Gasteiger partial charge in [0, 0.05) is 17.0 Å². The summed E-state index contributed by atoms with van der Waals surface area (Å²) >= 11 is 0. The van der Waals surface area contributed by atoms with Crippen LogP contribution in [0.5, 0.6) is 0 Å². The second-order valence-corrected chi connectivity index (χ2v) is 6.78. The third kappa shape index (κ3) is 5.98. The Hall–Kier alpha value is -3.54. The van der Waals surface area contributed by atoms with Gasteiger partial charge in [0.2, 0.25) is 0 Å². The van der Waals surface area contributed by atoms with Crippen molar-refractivity contribution < 1.29 is 9.68 Å². The second-order valence-electron chi connectivity index (χ2n) is 6.78. The highest BCUT2D eigenvalue weighted by Crippen LogP contribution is 2.11. The SMILES string of the molecule is CON=C(c1ccccc1)c1cccc(CCCON=C(C)c2cccc(C)n2)n1. The number of nitrogens with zero attached hydrogens (tertiary/aromatic N) is 4. The molecule has 0 N–H and O–H groups in total. The standard InChI is InChI=1S/C24H26N4O2/c1-18-10-7-15-22(25-18)19(2)27-30-17-9-14-21-13-8-16-23(26-21)24(28-29-3)20-11-5-4-6-12-20/h4-8,10-13,15-16H,9,14,17H2,1-3H3. The van der Waals surface area contributed by atoms with Crippen molar-refractivity contribution in [2.75, 3.05) is 13.7 Å². The molecule has 0 unspecified atom stereocenters. The first-order chi connectivity index (χ1) is 14.7. The highest BCUT2D eigenvalue weighted by atomic mass is 16.6. The minimum absolute atomic E-state index is 0.507. The summed E-state index contributed by atoms with van der Waals surface area (Å²) in [6, 6.07) is 21.7. The molecule has 0 fully saturated rings. The number of aromatic nitrogens is 2. The van der Waals surface area contributed by atoms with Crippen LogP contribution in [0.3, 0.4) is 0 Å². The number of hydrogen-bond donors (Lipinski definition) is 0. The molecule has 0 aliphatic carbocycles. The van der Waals surface area contributed by atoms with Crippen LogP contribution >= 0.6 is 0 Å². The molecule has 0 aliphatic heterocycles. The van der Waals surface area contributed by atoms with Gasteiger partial charge in [0.25, 0.3) is 0 Å². The molecule has 0 saturated heterocycles. The quantitative estimate of drug-likeness (QED) is 0.299. The first-order valence-electron chi connectivity index (χ1n) is 9.91. The predicted molar refractivity (Wildman–Crippen MR) is 119 cm³/mol. The molecular formula is C24H26N4O2. The topological polar surface area (TPSA) is 69.0 Å². The van der Waals surface area contributed by atoms with Gasteiger partial charge >= 0.3 is 0 Å². The minimum atomic E-state index is 0.507. The van der Waals surface area contributed by atoms with Gasteiger partial charge in [-0.15, -0.1) is 0 Å². The van der Waals surface area contributed by atoms with Crippen LogP contribution in [0, 0.1) is 6.92 Å². The molecule has 0 bridgehead atoms. The van der Waals surface area contributed by atoms with E-state index in [4.69, 9.17) is 14.7 Å². The summed E-state index contributed by atoms with van der Waals surface area (Å²) in [6.45, 7) is 4.36.